The Balaban J connectivity index is 1.51. The van der Waals surface area contributed by atoms with Gasteiger partial charge in [0.15, 0.2) is 6.29 Å². The summed E-state index contributed by atoms with van der Waals surface area (Å²) in [7, 11) is 0.507. The summed E-state index contributed by atoms with van der Waals surface area (Å²) in [5.74, 6) is 1.83. The van der Waals surface area contributed by atoms with E-state index in [0.29, 0.717) is 15.3 Å². The Labute approximate surface area is 200 Å². The predicted octanol–water partition coefficient (Wildman–Crippen LogP) is 7.68. The fourth-order valence-corrected chi connectivity index (χ4v) is 5.92. The van der Waals surface area contributed by atoms with Crippen molar-refractivity contribution < 1.29 is 13.9 Å². The van der Waals surface area contributed by atoms with Crippen LogP contribution in [0.25, 0.3) is 22.3 Å². The number of hydrogen-bond acceptors (Lipinski definition) is 3. The minimum atomic E-state index is -0.209. The van der Waals surface area contributed by atoms with Crippen molar-refractivity contribution in [1.82, 2.24) is 0 Å². The molecule has 3 aromatic carbocycles. The fraction of sp³-hybridized carbons (Fsp3) is 0.379. The second kappa shape index (κ2) is 11.0. The Morgan fingerprint density at radius 2 is 1.39 bits per heavy atom. The van der Waals surface area contributed by atoms with E-state index in [1.165, 1.54) is 32.1 Å². The summed E-state index contributed by atoms with van der Waals surface area (Å²) in [6.07, 6.45) is 9.57. The molecule has 1 unspecified atom stereocenters. The zero-order chi connectivity index (χ0) is 22.3. The molecule has 170 valence electrons. The van der Waals surface area contributed by atoms with Crippen molar-refractivity contribution in [2.24, 2.45) is 0 Å². The van der Waals surface area contributed by atoms with Gasteiger partial charge in [-0.25, -0.2) is 0 Å². The quantitative estimate of drug-likeness (QED) is 0.341. The summed E-state index contributed by atoms with van der Waals surface area (Å²) in [5, 5.41) is 0. The van der Waals surface area contributed by atoms with E-state index < -0.39 is 0 Å². The summed E-state index contributed by atoms with van der Waals surface area (Å²) in [6.45, 7) is 0.760. The Kier molecular flexibility index (Phi) is 7.44. The molecule has 0 N–H and O–H groups in total. The molecule has 4 heteroatoms. The fourth-order valence-electron chi connectivity index (χ4n) is 4.80. The van der Waals surface area contributed by atoms with Crippen LogP contribution >= 0.6 is 0 Å². The first-order chi connectivity index (χ1) is 16.4. The molecule has 3 aromatic rings. The number of benzene rings is 3. The minimum Gasteiger partial charge on any atom is -0.540 e. The van der Waals surface area contributed by atoms with Gasteiger partial charge in [-0.2, -0.15) is 0 Å². The summed E-state index contributed by atoms with van der Waals surface area (Å²) in [4.78, 5) is 0. The van der Waals surface area contributed by atoms with E-state index in [1.807, 2.05) is 6.07 Å². The standard InChI is InChI=1S/C29H32O3Si/c1-3-12-22(13-4-1)24-17-11-18-26(29(24)31-28-20-9-10-21-30-28)25-16-7-8-19-27(25)32-33-23-14-5-2-6-15-23/h1,3-4,7-8,11-13,16-19,23,28H,2,5-6,9-10,14-15,20-21H2. The van der Waals surface area contributed by atoms with E-state index in [2.05, 4.69) is 66.7 Å². The molecule has 1 saturated carbocycles. The minimum absolute atomic E-state index is 0.209. The van der Waals surface area contributed by atoms with Crippen LogP contribution in [0.2, 0.25) is 5.54 Å². The van der Waals surface area contributed by atoms with Crippen LogP contribution in [-0.2, 0) is 4.74 Å². The van der Waals surface area contributed by atoms with E-state index in [9.17, 15) is 0 Å². The van der Waals surface area contributed by atoms with E-state index >= 15 is 0 Å². The summed E-state index contributed by atoms with van der Waals surface area (Å²) in [6, 6.07) is 25.3. The van der Waals surface area contributed by atoms with Gasteiger partial charge in [-0.1, -0.05) is 86.0 Å². The van der Waals surface area contributed by atoms with Gasteiger partial charge in [-0.3, -0.25) is 0 Å². The van der Waals surface area contributed by atoms with Crippen LogP contribution in [-0.4, -0.2) is 22.7 Å². The SMILES string of the molecule is c1ccc(-c2cccc(-c3ccccc3O[Si]C3CCCCC3)c2OC2CCCCO2)cc1. The van der Waals surface area contributed by atoms with Gasteiger partial charge in [-0.05, 0) is 42.9 Å². The molecule has 33 heavy (non-hydrogen) atoms. The lowest BCUT2D eigenvalue weighted by atomic mass is 9.96. The predicted molar refractivity (Wildman–Crippen MR) is 135 cm³/mol. The molecule has 1 aliphatic carbocycles. The highest BCUT2D eigenvalue weighted by molar-refractivity contribution is 6.30. The number of rotatable bonds is 7. The molecular formula is C29H32O3Si. The van der Waals surface area contributed by atoms with E-state index in [-0.39, 0.29) is 6.29 Å². The van der Waals surface area contributed by atoms with Gasteiger partial charge in [0, 0.05) is 23.1 Å². The Morgan fingerprint density at radius 1 is 0.667 bits per heavy atom. The first-order valence-electron chi connectivity index (χ1n) is 12.4. The zero-order valence-corrected chi connectivity index (χ0v) is 20.2. The normalized spacial score (nSPS) is 19.2. The molecule has 0 aromatic heterocycles. The number of hydrogen-bond donors (Lipinski definition) is 0. The average Bonchev–Trinajstić information content (AvgIpc) is 2.89. The maximum absolute atomic E-state index is 6.60. The molecule has 0 spiro atoms. The second-order valence-electron chi connectivity index (χ2n) is 9.01. The third kappa shape index (κ3) is 5.51. The van der Waals surface area contributed by atoms with Gasteiger partial charge in [0.2, 0.25) is 0 Å². The van der Waals surface area contributed by atoms with Crippen LogP contribution in [0.4, 0.5) is 0 Å². The van der Waals surface area contributed by atoms with Crippen LogP contribution < -0.4 is 9.16 Å². The molecule has 0 amide bonds. The van der Waals surface area contributed by atoms with Crippen LogP contribution in [0.15, 0.2) is 72.8 Å². The van der Waals surface area contributed by atoms with Crippen molar-refractivity contribution >= 4 is 9.76 Å². The molecule has 2 radical (unpaired) electrons. The smallest absolute Gasteiger partial charge is 0.314 e. The summed E-state index contributed by atoms with van der Waals surface area (Å²) < 4.78 is 19.0. The van der Waals surface area contributed by atoms with Crippen molar-refractivity contribution in [1.29, 1.82) is 0 Å². The zero-order valence-electron chi connectivity index (χ0n) is 19.2. The van der Waals surface area contributed by atoms with Gasteiger partial charge >= 0.3 is 9.76 Å². The maximum atomic E-state index is 6.60. The van der Waals surface area contributed by atoms with Gasteiger partial charge < -0.3 is 13.9 Å². The van der Waals surface area contributed by atoms with E-state index in [4.69, 9.17) is 13.9 Å². The third-order valence-electron chi connectivity index (χ3n) is 6.60. The van der Waals surface area contributed by atoms with Crippen LogP contribution in [0.3, 0.4) is 0 Å². The van der Waals surface area contributed by atoms with Gasteiger partial charge in [0.1, 0.15) is 11.5 Å². The summed E-state index contributed by atoms with van der Waals surface area (Å²) >= 11 is 0. The molecule has 1 heterocycles. The van der Waals surface area contributed by atoms with Crippen molar-refractivity contribution in [2.75, 3.05) is 6.61 Å². The van der Waals surface area contributed by atoms with E-state index in [1.54, 1.807) is 0 Å². The van der Waals surface area contributed by atoms with Crippen LogP contribution in [0.1, 0.15) is 51.4 Å². The topological polar surface area (TPSA) is 27.7 Å². The number of ether oxygens (including phenoxy) is 2. The maximum Gasteiger partial charge on any atom is 0.314 e. The molecule has 2 aliphatic rings. The first-order valence-corrected chi connectivity index (χ1v) is 13.4. The molecule has 2 fully saturated rings. The molecule has 1 saturated heterocycles. The number of para-hydroxylation sites is 2. The molecule has 1 aliphatic heterocycles. The highest BCUT2D eigenvalue weighted by atomic mass is 28.2. The monoisotopic (exact) mass is 456 g/mol. The van der Waals surface area contributed by atoms with Crippen LogP contribution in [0, 0.1) is 0 Å². The van der Waals surface area contributed by atoms with E-state index in [0.717, 1.165) is 59.6 Å². The van der Waals surface area contributed by atoms with Gasteiger partial charge in [0.25, 0.3) is 0 Å². The van der Waals surface area contributed by atoms with Crippen molar-refractivity contribution in [3.63, 3.8) is 0 Å². The van der Waals surface area contributed by atoms with Gasteiger partial charge in [-0.15, -0.1) is 0 Å². The molecule has 0 bridgehead atoms. The lowest BCUT2D eigenvalue weighted by molar-refractivity contribution is -0.105. The first kappa shape index (κ1) is 22.2. The average molecular weight is 457 g/mol. The molecule has 1 atom stereocenters. The Morgan fingerprint density at radius 3 is 2.21 bits per heavy atom. The molecular weight excluding hydrogens is 424 g/mol. The van der Waals surface area contributed by atoms with Crippen molar-refractivity contribution in [3.05, 3.63) is 72.8 Å². The largest absolute Gasteiger partial charge is 0.540 e. The lowest BCUT2D eigenvalue weighted by Crippen LogP contribution is -2.25. The summed E-state index contributed by atoms with van der Waals surface area (Å²) in [5.41, 5.74) is 5.08. The Hall–Kier alpha value is -2.56. The van der Waals surface area contributed by atoms with Crippen molar-refractivity contribution in [3.8, 4) is 33.8 Å². The highest BCUT2D eigenvalue weighted by Gasteiger charge is 2.23. The molecule has 3 nitrogen and oxygen atoms in total. The highest BCUT2D eigenvalue weighted by Crippen LogP contribution is 2.43. The second-order valence-corrected chi connectivity index (χ2v) is 10.3. The molecule has 5 rings (SSSR count). The third-order valence-corrected chi connectivity index (χ3v) is 7.85. The van der Waals surface area contributed by atoms with Crippen LogP contribution in [0.5, 0.6) is 11.5 Å². The van der Waals surface area contributed by atoms with Gasteiger partial charge in [0.05, 0.1) is 6.61 Å². The van der Waals surface area contributed by atoms with Crippen molar-refractivity contribution in [2.45, 2.75) is 63.2 Å². The lowest BCUT2D eigenvalue weighted by Gasteiger charge is -2.27. The Bertz CT molecular complexity index is 1020.